The topological polar surface area (TPSA) is 0 Å². The highest BCUT2D eigenvalue weighted by molar-refractivity contribution is 5.12. The summed E-state index contributed by atoms with van der Waals surface area (Å²) >= 11 is 0. The first-order valence-electron chi connectivity index (χ1n) is 6.56. The highest BCUT2D eigenvalue weighted by Crippen LogP contribution is 2.71. The summed E-state index contributed by atoms with van der Waals surface area (Å²) in [5.41, 5.74) is 1.50. The molecule has 2 bridgehead atoms. The lowest BCUT2D eigenvalue weighted by molar-refractivity contribution is 0.189. The van der Waals surface area contributed by atoms with Gasteiger partial charge in [-0.05, 0) is 60.7 Å². The quantitative estimate of drug-likeness (QED) is 0.582. The van der Waals surface area contributed by atoms with Crippen LogP contribution in [-0.2, 0) is 0 Å². The Kier molecular flexibility index (Phi) is 1.70. The third-order valence-corrected chi connectivity index (χ3v) is 5.68. The molecule has 14 heavy (non-hydrogen) atoms. The second kappa shape index (κ2) is 2.57. The van der Waals surface area contributed by atoms with Crippen LogP contribution in [0.3, 0.4) is 0 Å². The monoisotopic (exact) mass is 192 g/mol. The molecule has 0 amide bonds. The molecule has 3 rings (SSSR count). The molecule has 0 radical (unpaired) electrons. The summed E-state index contributed by atoms with van der Waals surface area (Å²) in [6, 6.07) is 0. The van der Waals surface area contributed by atoms with Gasteiger partial charge in [0.1, 0.15) is 0 Å². The highest BCUT2D eigenvalue weighted by Gasteiger charge is 2.62. The van der Waals surface area contributed by atoms with E-state index in [0.717, 1.165) is 23.2 Å². The summed E-state index contributed by atoms with van der Waals surface area (Å²) in [7, 11) is 0. The van der Waals surface area contributed by atoms with E-state index in [1.807, 2.05) is 0 Å². The molecule has 0 nitrogen and oxygen atoms in total. The van der Waals surface area contributed by atoms with Crippen molar-refractivity contribution in [1.29, 1.82) is 0 Å². The second-order valence-electron chi connectivity index (χ2n) is 7.09. The van der Waals surface area contributed by atoms with Gasteiger partial charge in [0.05, 0.1) is 0 Å². The maximum absolute atomic E-state index is 2.50. The lowest BCUT2D eigenvalue weighted by atomic mass is 9.73. The van der Waals surface area contributed by atoms with E-state index in [2.05, 4.69) is 20.8 Å². The van der Waals surface area contributed by atoms with Crippen molar-refractivity contribution in [3.05, 3.63) is 0 Å². The van der Waals surface area contributed by atoms with Crippen LogP contribution in [0.5, 0.6) is 0 Å². The van der Waals surface area contributed by atoms with Crippen molar-refractivity contribution in [2.24, 2.45) is 28.6 Å². The third kappa shape index (κ3) is 1.01. The summed E-state index contributed by atoms with van der Waals surface area (Å²) in [6.45, 7) is 7.40. The first-order chi connectivity index (χ1) is 6.56. The zero-order valence-corrected chi connectivity index (χ0v) is 9.97. The van der Waals surface area contributed by atoms with Gasteiger partial charge in [-0.25, -0.2) is 0 Å². The largest absolute Gasteiger partial charge is 0.0651 e. The Morgan fingerprint density at radius 3 is 2.64 bits per heavy atom. The number of hydrogen-bond acceptors (Lipinski definition) is 0. The molecule has 0 aromatic rings. The van der Waals surface area contributed by atoms with Crippen LogP contribution in [-0.4, -0.2) is 0 Å². The Hall–Kier alpha value is 0. The van der Waals surface area contributed by atoms with Crippen LogP contribution < -0.4 is 0 Å². The Morgan fingerprint density at radius 1 is 1.21 bits per heavy atom. The minimum absolute atomic E-state index is 0.669. The van der Waals surface area contributed by atoms with Crippen LogP contribution in [0.15, 0.2) is 0 Å². The van der Waals surface area contributed by atoms with Crippen molar-refractivity contribution >= 4 is 0 Å². The van der Waals surface area contributed by atoms with Crippen LogP contribution in [0.2, 0.25) is 0 Å². The summed E-state index contributed by atoms with van der Waals surface area (Å²) < 4.78 is 0. The SMILES string of the molecule is CCC1CC23CC[C@H]1C2CC(C)(C)C3. The zero-order chi connectivity index (χ0) is 9.97. The van der Waals surface area contributed by atoms with E-state index in [4.69, 9.17) is 0 Å². The van der Waals surface area contributed by atoms with Gasteiger partial charge in [-0.1, -0.05) is 27.2 Å². The molecule has 3 aliphatic carbocycles. The molecule has 0 saturated heterocycles. The van der Waals surface area contributed by atoms with E-state index in [1.54, 1.807) is 19.3 Å². The van der Waals surface area contributed by atoms with Crippen LogP contribution >= 0.6 is 0 Å². The van der Waals surface area contributed by atoms with Gasteiger partial charge in [0, 0.05) is 0 Å². The molecule has 0 aromatic heterocycles. The second-order valence-corrected chi connectivity index (χ2v) is 7.09. The fourth-order valence-corrected chi connectivity index (χ4v) is 5.51. The van der Waals surface area contributed by atoms with Crippen LogP contribution in [0.25, 0.3) is 0 Å². The fourth-order valence-electron chi connectivity index (χ4n) is 5.51. The molecule has 3 aliphatic rings. The Morgan fingerprint density at radius 2 is 2.00 bits per heavy atom. The van der Waals surface area contributed by atoms with Gasteiger partial charge in [-0.15, -0.1) is 0 Å². The first-order valence-corrected chi connectivity index (χ1v) is 6.56. The molecule has 3 fully saturated rings. The summed E-state index contributed by atoms with van der Waals surface area (Å²) in [6.07, 6.45) is 9.25. The predicted octanol–water partition coefficient (Wildman–Crippen LogP) is 4.25. The average Bonchev–Trinajstić information content (AvgIpc) is 2.62. The predicted molar refractivity (Wildman–Crippen MR) is 60.1 cm³/mol. The molecule has 0 heteroatoms. The Labute approximate surface area is 88.5 Å². The number of rotatable bonds is 1. The average molecular weight is 192 g/mol. The minimum atomic E-state index is 0.669. The van der Waals surface area contributed by atoms with Crippen LogP contribution in [0.1, 0.15) is 59.3 Å². The normalized spacial score (nSPS) is 53.8. The van der Waals surface area contributed by atoms with Gasteiger partial charge in [-0.2, -0.15) is 0 Å². The van der Waals surface area contributed by atoms with Gasteiger partial charge in [0.15, 0.2) is 0 Å². The van der Waals surface area contributed by atoms with Crippen molar-refractivity contribution in [1.82, 2.24) is 0 Å². The molecule has 0 N–H and O–H groups in total. The lowest BCUT2D eigenvalue weighted by Gasteiger charge is -2.32. The molecule has 4 atom stereocenters. The molecule has 0 spiro atoms. The van der Waals surface area contributed by atoms with Crippen molar-refractivity contribution < 1.29 is 0 Å². The van der Waals surface area contributed by atoms with E-state index >= 15 is 0 Å². The first kappa shape index (κ1) is 9.24. The molecule has 3 unspecified atom stereocenters. The van der Waals surface area contributed by atoms with Gasteiger partial charge in [0.25, 0.3) is 0 Å². The van der Waals surface area contributed by atoms with E-state index in [1.165, 1.54) is 19.3 Å². The maximum atomic E-state index is 2.50. The lowest BCUT2D eigenvalue weighted by Crippen LogP contribution is -2.21. The minimum Gasteiger partial charge on any atom is -0.0651 e. The highest BCUT2D eigenvalue weighted by atomic mass is 14.7. The van der Waals surface area contributed by atoms with Crippen molar-refractivity contribution in [3.63, 3.8) is 0 Å². The van der Waals surface area contributed by atoms with Crippen LogP contribution in [0.4, 0.5) is 0 Å². The number of hydrogen-bond donors (Lipinski definition) is 0. The molecule has 0 aromatic carbocycles. The van der Waals surface area contributed by atoms with Gasteiger partial charge < -0.3 is 0 Å². The fraction of sp³-hybridized carbons (Fsp3) is 1.00. The molecule has 80 valence electrons. The van der Waals surface area contributed by atoms with Crippen molar-refractivity contribution in [2.45, 2.75) is 59.3 Å². The van der Waals surface area contributed by atoms with E-state index in [-0.39, 0.29) is 0 Å². The smallest absolute Gasteiger partial charge is 0.0258 e. The summed E-state index contributed by atoms with van der Waals surface area (Å²) in [4.78, 5) is 0. The molecule has 0 aliphatic heterocycles. The van der Waals surface area contributed by atoms with E-state index < -0.39 is 0 Å². The molecule has 0 heterocycles. The third-order valence-electron chi connectivity index (χ3n) is 5.68. The molecular formula is C14H24. The Bertz CT molecular complexity index is 253. The van der Waals surface area contributed by atoms with Gasteiger partial charge >= 0.3 is 0 Å². The van der Waals surface area contributed by atoms with Crippen LogP contribution in [0, 0.1) is 28.6 Å². The molecular weight excluding hydrogens is 168 g/mol. The standard InChI is InChI=1S/C14H24/c1-4-10-7-14-6-5-11(10)12(14)8-13(2,3)9-14/h10-12H,4-9H2,1-3H3/t10?,11-,12?,14?/m1/s1. The molecule has 3 saturated carbocycles. The zero-order valence-electron chi connectivity index (χ0n) is 9.97. The summed E-state index contributed by atoms with van der Waals surface area (Å²) in [5.74, 6) is 3.36. The van der Waals surface area contributed by atoms with E-state index in [9.17, 15) is 0 Å². The summed E-state index contributed by atoms with van der Waals surface area (Å²) in [5, 5.41) is 0. The van der Waals surface area contributed by atoms with Crippen molar-refractivity contribution in [3.8, 4) is 0 Å². The van der Waals surface area contributed by atoms with E-state index in [0.29, 0.717) is 5.41 Å². The van der Waals surface area contributed by atoms with Crippen molar-refractivity contribution in [2.75, 3.05) is 0 Å². The Balaban J connectivity index is 1.90. The van der Waals surface area contributed by atoms with Gasteiger partial charge in [0.2, 0.25) is 0 Å². The maximum Gasteiger partial charge on any atom is -0.0258 e. The van der Waals surface area contributed by atoms with Gasteiger partial charge in [-0.3, -0.25) is 0 Å².